The molecule has 9 nitrogen and oxygen atoms in total. The van der Waals surface area contributed by atoms with E-state index in [2.05, 4.69) is 30.6 Å². The van der Waals surface area contributed by atoms with E-state index in [1.807, 2.05) is 42.5 Å². The van der Waals surface area contributed by atoms with E-state index in [1.165, 1.54) is 12.8 Å². The number of nitrogens with zero attached hydrogens (tertiary/aromatic N) is 5. The molecule has 1 amide bonds. The highest BCUT2D eigenvalue weighted by Gasteiger charge is 2.14. The number of amides is 1. The molecule has 0 bridgehead atoms. The Kier molecular flexibility index (Phi) is 6.35. The number of carbonyl (C=O) groups excluding carboxylic acids is 1. The molecule has 4 heterocycles. The average Bonchev–Trinajstić information content (AvgIpc) is 3.53. The molecule has 1 aliphatic rings. The minimum Gasteiger partial charge on any atom is -0.497 e. The molecule has 1 saturated heterocycles. The highest BCUT2D eigenvalue weighted by atomic mass is 16.5. The molecule has 0 unspecified atom stereocenters. The van der Waals surface area contributed by atoms with Crippen LogP contribution in [0.15, 0.2) is 60.8 Å². The van der Waals surface area contributed by atoms with Gasteiger partial charge in [-0.1, -0.05) is 6.07 Å². The summed E-state index contributed by atoms with van der Waals surface area (Å²) in [5.74, 6) is 1.05. The average molecular weight is 458 g/mol. The molecule has 1 fully saturated rings. The normalized spacial score (nSPS) is 13.8. The van der Waals surface area contributed by atoms with Crippen LogP contribution in [-0.4, -0.2) is 63.7 Å². The molecule has 0 spiro atoms. The number of fused-ring (bicyclic) bond motifs is 1. The topological polar surface area (TPSA) is 96.7 Å². The second-order valence-electron chi connectivity index (χ2n) is 8.20. The lowest BCUT2D eigenvalue weighted by atomic mass is 10.1. The summed E-state index contributed by atoms with van der Waals surface area (Å²) in [7, 11) is 1.65. The SMILES string of the molecule is COc1ccc(-c2cccc3nc(Nc4ccnc(C(=O)NCCN5CCCC5)c4)nn23)cc1. The summed E-state index contributed by atoms with van der Waals surface area (Å²) in [6.07, 6.45) is 4.08. The molecule has 4 aromatic rings. The minimum absolute atomic E-state index is 0.187. The van der Waals surface area contributed by atoms with Crippen molar-refractivity contribution in [2.75, 3.05) is 38.6 Å². The van der Waals surface area contributed by atoms with Gasteiger partial charge in [0.1, 0.15) is 11.4 Å². The van der Waals surface area contributed by atoms with Crippen molar-refractivity contribution >= 4 is 23.2 Å². The van der Waals surface area contributed by atoms with Crippen LogP contribution in [0.25, 0.3) is 16.9 Å². The first-order valence-corrected chi connectivity index (χ1v) is 11.4. The fraction of sp³-hybridized carbons (Fsp3) is 0.280. The quantitative estimate of drug-likeness (QED) is 0.419. The number of nitrogens with one attached hydrogen (secondary N) is 2. The number of pyridine rings is 2. The van der Waals surface area contributed by atoms with Gasteiger partial charge in [0.2, 0.25) is 5.95 Å². The van der Waals surface area contributed by atoms with E-state index in [4.69, 9.17) is 4.74 Å². The molecule has 0 aliphatic carbocycles. The van der Waals surface area contributed by atoms with Gasteiger partial charge in [0.05, 0.1) is 12.8 Å². The fourth-order valence-corrected chi connectivity index (χ4v) is 4.12. The van der Waals surface area contributed by atoms with Crippen LogP contribution in [0.5, 0.6) is 5.75 Å². The molecule has 0 radical (unpaired) electrons. The molecule has 2 N–H and O–H groups in total. The second-order valence-corrected chi connectivity index (χ2v) is 8.20. The Labute approximate surface area is 197 Å². The first kappa shape index (κ1) is 21.8. The first-order valence-electron chi connectivity index (χ1n) is 11.4. The van der Waals surface area contributed by atoms with E-state index in [0.717, 1.165) is 36.6 Å². The lowest BCUT2D eigenvalue weighted by molar-refractivity contribution is 0.0945. The molecular formula is C25H27N7O2. The Morgan fingerprint density at radius 1 is 1.09 bits per heavy atom. The smallest absolute Gasteiger partial charge is 0.269 e. The Hall–Kier alpha value is -3.98. The third-order valence-electron chi connectivity index (χ3n) is 5.91. The Balaban J connectivity index is 1.29. The van der Waals surface area contributed by atoms with Crippen LogP contribution in [0.3, 0.4) is 0 Å². The van der Waals surface area contributed by atoms with Crippen LogP contribution >= 0.6 is 0 Å². The van der Waals surface area contributed by atoms with Gasteiger partial charge >= 0.3 is 0 Å². The van der Waals surface area contributed by atoms with Gasteiger partial charge in [-0.15, -0.1) is 5.10 Å². The molecule has 1 aromatic carbocycles. The van der Waals surface area contributed by atoms with E-state index >= 15 is 0 Å². The summed E-state index contributed by atoms with van der Waals surface area (Å²) in [5.41, 5.74) is 3.67. The van der Waals surface area contributed by atoms with Crippen molar-refractivity contribution in [1.29, 1.82) is 0 Å². The standard InChI is InChI=1S/C25H27N7O2/c1-34-20-9-7-18(8-10-20)22-5-4-6-23-29-25(30-32(22)23)28-19-11-12-26-21(17-19)24(33)27-13-16-31-14-2-3-15-31/h4-12,17H,2-3,13-16H2,1H3,(H,27,33)(H,26,28,30). The van der Waals surface area contributed by atoms with Gasteiger partial charge in [0, 0.05) is 30.5 Å². The molecule has 9 heteroatoms. The third kappa shape index (κ3) is 4.84. The van der Waals surface area contributed by atoms with Crippen LogP contribution in [0.2, 0.25) is 0 Å². The van der Waals surface area contributed by atoms with Crippen LogP contribution < -0.4 is 15.4 Å². The second kappa shape index (κ2) is 9.88. The van der Waals surface area contributed by atoms with Crippen LogP contribution in [0.1, 0.15) is 23.3 Å². The zero-order valence-electron chi connectivity index (χ0n) is 19.1. The van der Waals surface area contributed by atoms with Crippen molar-refractivity contribution in [3.63, 3.8) is 0 Å². The molecule has 5 rings (SSSR count). The highest BCUT2D eigenvalue weighted by Crippen LogP contribution is 2.24. The van der Waals surface area contributed by atoms with Gasteiger partial charge < -0.3 is 20.3 Å². The van der Waals surface area contributed by atoms with Gasteiger partial charge in [-0.25, -0.2) is 4.52 Å². The number of ether oxygens (including phenoxy) is 1. The van der Waals surface area contributed by atoms with Crippen molar-refractivity contribution < 1.29 is 9.53 Å². The van der Waals surface area contributed by atoms with Crippen molar-refractivity contribution in [3.8, 4) is 17.0 Å². The van der Waals surface area contributed by atoms with Crippen molar-refractivity contribution in [2.24, 2.45) is 0 Å². The number of benzene rings is 1. The van der Waals surface area contributed by atoms with Crippen molar-refractivity contribution in [1.82, 2.24) is 29.8 Å². The van der Waals surface area contributed by atoms with Crippen LogP contribution in [-0.2, 0) is 0 Å². The predicted molar refractivity (Wildman–Crippen MR) is 131 cm³/mol. The van der Waals surface area contributed by atoms with E-state index in [9.17, 15) is 4.79 Å². The summed E-state index contributed by atoms with van der Waals surface area (Å²) >= 11 is 0. The Bertz CT molecular complexity index is 1280. The fourth-order valence-electron chi connectivity index (χ4n) is 4.12. The molecular weight excluding hydrogens is 430 g/mol. The molecule has 34 heavy (non-hydrogen) atoms. The predicted octanol–water partition coefficient (Wildman–Crippen LogP) is 3.37. The lowest BCUT2D eigenvalue weighted by Gasteiger charge is -2.14. The summed E-state index contributed by atoms with van der Waals surface area (Å²) in [6.45, 7) is 3.70. The van der Waals surface area contributed by atoms with E-state index in [0.29, 0.717) is 29.5 Å². The van der Waals surface area contributed by atoms with Crippen molar-refractivity contribution in [3.05, 3.63) is 66.5 Å². The van der Waals surface area contributed by atoms with Crippen LogP contribution in [0, 0.1) is 0 Å². The number of rotatable bonds is 8. The monoisotopic (exact) mass is 457 g/mol. The van der Waals surface area contributed by atoms with Gasteiger partial charge in [-0.3, -0.25) is 9.78 Å². The number of carbonyl (C=O) groups is 1. The maximum absolute atomic E-state index is 12.5. The minimum atomic E-state index is -0.187. The highest BCUT2D eigenvalue weighted by molar-refractivity contribution is 5.93. The summed E-state index contributed by atoms with van der Waals surface area (Å²) < 4.78 is 7.04. The maximum Gasteiger partial charge on any atom is 0.269 e. The number of anilines is 2. The Morgan fingerprint density at radius 2 is 1.91 bits per heavy atom. The summed E-state index contributed by atoms with van der Waals surface area (Å²) in [4.78, 5) is 23.7. The van der Waals surface area contributed by atoms with E-state index in [-0.39, 0.29) is 5.91 Å². The largest absolute Gasteiger partial charge is 0.497 e. The number of likely N-dealkylation sites (tertiary alicyclic amines) is 1. The number of hydrogen-bond acceptors (Lipinski definition) is 7. The van der Waals surface area contributed by atoms with Gasteiger partial charge in [-0.05, 0) is 74.5 Å². The number of aromatic nitrogens is 4. The third-order valence-corrected chi connectivity index (χ3v) is 5.91. The Morgan fingerprint density at radius 3 is 2.71 bits per heavy atom. The maximum atomic E-state index is 12.5. The van der Waals surface area contributed by atoms with Crippen LogP contribution in [0.4, 0.5) is 11.6 Å². The van der Waals surface area contributed by atoms with Gasteiger partial charge in [0.15, 0.2) is 5.65 Å². The van der Waals surface area contributed by atoms with E-state index in [1.54, 1.807) is 30.0 Å². The molecule has 0 atom stereocenters. The molecule has 3 aromatic heterocycles. The lowest BCUT2D eigenvalue weighted by Crippen LogP contribution is -2.33. The first-order chi connectivity index (χ1) is 16.7. The zero-order valence-corrected chi connectivity index (χ0v) is 19.1. The number of hydrogen-bond donors (Lipinski definition) is 2. The van der Waals surface area contributed by atoms with E-state index < -0.39 is 0 Å². The van der Waals surface area contributed by atoms with Gasteiger partial charge in [0.25, 0.3) is 5.91 Å². The molecule has 174 valence electrons. The summed E-state index contributed by atoms with van der Waals surface area (Å²) in [5, 5.41) is 10.8. The molecule has 0 saturated carbocycles. The van der Waals surface area contributed by atoms with Gasteiger partial charge in [-0.2, -0.15) is 4.98 Å². The zero-order chi connectivity index (χ0) is 23.3. The van der Waals surface area contributed by atoms with Crippen molar-refractivity contribution in [2.45, 2.75) is 12.8 Å². The summed E-state index contributed by atoms with van der Waals surface area (Å²) in [6, 6.07) is 17.1. The molecule has 1 aliphatic heterocycles. The number of methoxy groups -OCH3 is 1.